The van der Waals surface area contributed by atoms with E-state index >= 15 is 0 Å². The van der Waals surface area contributed by atoms with Gasteiger partial charge >= 0.3 is 0 Å². The highest BCUT2D eigenvalue weighted by molar-refractivity contribution is 6.30. The molecule has 1 aliphatic rings. The lowest BCUT2D eigenvalue weighted by atomic mass is 10.0. The number of benzene rings is 1. The van der Waals surface area contributed by atoms with Gasteiger partial charge in [0.25, 0.3) is 0 Å². The minimum Gasteiger partial charge on any atom is -0.488 e. The van der Waals surface area contributed by atoms with Gasteiger partial charge in [-0.2, -0.15) is 0 Å². The fraction of sp³-hybridized carbons (Fsp3) is 0.571. The molecule has 0 fully saturated rings. The summed E-state index contributed by atoms with van der Waals surface area (Å²) >= 11 is 6.00. The van der Waals surface area contributed by atoms with Crippen molar-refractivity contribution < 1.29 is 4.74 Å². The minimum atomic E-state index is 0.250. The number of hydrogen-bond acceptors (Lipinski definition) is 2. The zero-order valence-corrected chi connectivity index (χ0v) is 11.3. The van der Waals surface area contributed by atoms with Crippen LogP contribution in [0.4, 0.5) is 0 Å². The summed E-state index contributed by atoms with van der Waals surface area (Å²) < 4.78 is 5.99. The van der Waals surface area contributed by atoms with Crippen molar-refractivity contribution in [1.29, 1.82) is 0 Å². The Morgan fingerprint density at radius 1 is 1.29 bits per heavy atom. The van der Waals surface area contributed by atoms with Crippen LogP contribution in [-0.4, -0.2) is 12.6 Å². The van der Waals surface area contributed by atoms with Crippen LogP contribution in [0.1, 0.15) is 44.7 Å². The second-order valence-corrected chi connectivity index (χ2v) is 5.00. The molecule has 1 aromatic rings. The summed E-state index contributed by atoms with van der Waals surface area (Å²) in [6, 6.07) is 6.27. The second-order valence-electron chi connectivity index (χ2n) is 4.56. The van der Waals surface area contributed by atoms with Crippen LogP contribution < -0.4 is 10.1 Å². The number of hydrogen-bond donors (Lipinski definition) is 1. The van der Waals surface area contributed by atoms with E-state index in [1.807, 2.05) is 12.1 Å². The third kappa shape index (κ3) is 2.75. The standard InChI is InChI=1S/C14H20ClNO/c1-3-5-12-14(16-8-4-2)11-7-6-10(15)9-13(11)17-12/h6-7,9,12,14,16H,3-5,8H2,1-2H3. The fourth-order valence-corrected chi connectivity index (χ4v) is 2.51. The van der Waals surface area contributed by atoms with E-state index < -0.39 is 0 Å². The van der Waals surface area contributed by atoms with Gasteiger partial charge in [0.1, 0.15) is 11.9 Å². The molecule has 0 spiro atoms. The van der Waals surface area contributed by atoms with Crippen molar-refractivity contribution in [3.63, 3.8) is 0 Å². The molecule has 0 aliphatic carbocycles. The van der Waals surface area contributed by atoms with Gasteiger partial charge < -0.3 is 10.1 Å². The Kier molecular flexibility index (Phi) is 4.30. The van der Waals surface area contributed by atoms with Gasteiger partial charge in [0, 0.05) is 10.6 Å². The number of nitrogens with one attached hydrogen (secondary N) is 1. The lowest BCUT2D eigenvalue weighted by Gasteiger charge is -2.19. The molecule has 0 saturated carbocycles. The van der Waals surface area contributed by atoms with Gasteiger partial charge in [0.2, 0.25) is 0 Å². The smallest absolute Gasteiger partial charge is 0.126 e. The molecule has 2 unspecified atom stereocenters. The highest BCUT2D eigenvalue weighted by Gasteiger charge is 2.33. The van der Waals surface area contributed by atoms with E-state index in [-0.39, 0.29) is 6.10 Å². The van der Waals surface area contributed by atoms with Gasteiger partial charge in [-0.05, 0) is 31.5 Å². The Morgan fingerprint density at radius 3 is 2.82 bits per heavy atom. The molecule has 1 heterocycles. The molecule has 1 aliphatic heterocycles. The first kappa shape index (κ1) is 12.7. The maximum absolute atomic E-state index is 6.00. The molecule has 0 aromatic heterocycles. The van der Waals surface area contributed by atoms with Gasteiger partial charge in [-0.15, -0.1) is 0 Å². The van der Waals surface area contributed by atoms with Crippen LogP contribution in [0.15, 0.2) is 18.2 Å². The van der Waals surface area contributed by atoms with E-state index in [9.17, 15) is 0 Å². The summed E-state index contributed by atoms with van der Waals surface area (Å²) in [6.07, 6.45) is 3.60. The van der Waals surface area contributed by atoms with E-state index in [1.54, 1.807) is 0 Å². The monoisotopic (exact) mass is 253 g/mol. The molecule has 2 nitrogen and oxygen atoms in total. The van der Waals surface area contributed by atoms with Crippen molar-refractivity contribution in [3.05, 3.63) is 28.8 Å². The van der Waals surface area contributed by atoms with Gasteiger partial charge in [-0.3, -0.25) is 0 Å². The summed E-state index contributed by atoms with van der Waals surface area (Å²) in [4.78, 5) is 0. The van der Waals surface area contributed by atoms with Crippen LogP contribution in [0.2, 0.25) is 5.02 Å². The SMILES string of the molecule is CCCNC1c2ccc(Cl)cc2OC1CCC. The second kappa shape index (κ2) is 5.74. The van der Waals surface area contributed by atoms with E-state index in [1.165, 1.54) is 5.56 Å². The molecule has 2 atom stereocenters. The highest BCUT2D eigenvalue weighted by Crippen LogP contribution is 2.39. The minimum absolute atomic E-state index is 0.250. The predicted molar refractivity (Wildman–Crippen MR) is 71.8 cm³/mol. The van der Waals surface area contributed by atoms with Gasteiger partial charge in [-0.1, -0.05) is 37.9 Å². The van der Waals surface area contributed by atoms with Gasteiger partial charge in [0.05, 0.1) is 6.04 Å². The molecule has 94 valence electrons. The van der Waals surface area contributed by atoms with Crippen molar-refractivity contribution in [2.24, 2.45) is 0 Å². The van der Waals surface area contributed by atoms with Crippen LogP contribution in [0.5, 0.6) is 5.75 Å². The summed E-state index contributed by atoms with van der Waals surface area (Å²) in [5, 5.41) is 4.32. The van der Waals surface area contributed by atoms with E-state index in [0.29, 0.717) is 6.04 Å². The molecule has 0 saturated heterocycles. The molecule has 3 heteroatoms. The summed E-state index contributed by atoms with van der Waals surface area (Å²) in [5.41, 5.74) is 1.25. The lowest BCUT2D eigenvalue weighted by molar-refractivity contribution is 0.178. The Hall–Kier alpha value is -0.730. The lowest BCUT2D eigenvalue weighted by Crippen LogP contribution is -2.31. The zero-order chi connectivity index (χ0) is 12.3. The molecular weight excluding hydrogens is 234 g/mol. The van der Waals surface area contributed by atoms with Crippen molar-refractivity contribution in [1.82, 2.24) is 5.32 Å². The molecule has 1 N–H and O–H groups in total. The van der Waals surface area contributed by atoms with E-state index in [0.717, 1.165) is 36.6 Å². The molecule has 0 bridgehead atoms. The molecule has 2 rings (SSSR count). The van der Waals surface area contributed by atoms with E-state index in [4.69, 9.17) is 16.3 Å². The normalized spacial score (nSPS) is 22.3. The molecule has 0 radical (unpaired) electrons. The van der Waals surface area contributed by atoms with Crippen LogP contribution in [0, 0.1) is 0 Å². The van der Waals surface area contributed by atoms with Crippen molar-refractivity contribution in [2.45, 2.75) is 45.3 Å². The van der Waals surface area contributed by atoms with Crippen LogP contribution in [0.3, 0.4) is 0 Å². The fourth-order valence-electron chi connectivity index (χ4n) is 2.35. The summed E-state index contributed by atoms with van der Waals surface area (Å²) in [5.74, 6) is 0.949. The third-order valence-corrected chi connectivity index (χ3v) is 3.38. The predicted octanol–water partition coefficient (Wildman–Crippen LogP) is 3.94. The maximum Gasteiger partial charge on any atom is 0.126 e. The maximum atomic E-state index is 6.00. The zero-order valence-electron chi connectivity index (χ0n) is 10.5. The largest absolute Gasteiger partial charge is 0.488 e. The van der Waals surface area contributed by atoms with Crippen LogP contribution in [-0.2, 0) is 0 Å². The first-order valence-electron chi connectivity index (χ1n) is 6.45. The quantitative estimate of drug-likeness (QED) is 0.858. The van der Waals surface area contributed by atoms with Crippen LogP contribution in [0.25, 0.3) is 0 Å². The average molecular weight is 254 g/mol. The Balaban J connectivity index is 2.19. The van der Waals surface area contributed by atoms with Crippen molar-refractivity contribution in [2.75, 3.05) is 6.54 Å². The Labute approximate surface area is 108 Å². The van der Waals surface area contributed by atoms with Gasteiger partial charge in [-0.25, -0.2) is 0 Å². The van der Waals surface area contributed by atoms with Crippen molar-refractivity contribution >= 4 is 11.6 Å². The van der Waals surface area contributed by atoms with Gasteiger partial charge in [0.15, 0.2) is 0 Å². The third-order valence-electron chi connectivity index (χ3n) is 3.15. The van der Waals surface area contributed by atoms with Crippen LogP contribution >= 0.6 is 11.6 Å². The molecule has 0 amide bonds. The highest BCUT2D eigenvalue weighted by atomic mass is 35.5. The average Bonchev–Trinajstić information content (AvgIpc) is 2.63. The first-order chi connectivity index (χ1) is 8.26. The number of ether oxygens (including phenoxy) is 1. The Bertz CT molecular complexity index is 380. The number of rotatable bonds is 5. The summed E-state index contributed by atoms with van der Waals surface area (Å²) in [7, 11) is 0. The number of fused-ring (bicyclic) bond motifs is 1. The summed E-state index contributed by atoms with van der Waals surface area (Å²) in [6.45, 7) is 5.40. The topological polar surface area (TPSA) is 21.3 Å². The van der Waals surface area contributed by atoms with Crippen molar-refractivity contribution in [3.8, 4) is 5.75 Å². The van der Waals surface area contributed by atoms with E-state index in [2.05, 4.69) is 25.2 Å². The molecule has 1 aromatic carbocycles. The first-order valence-corrected chi connectivity index (χ1v) is 6.83. The Morgan fingerprint density at radius 2 is 2.12 bits per heavy atom. The molecular formula is C14H20ClNO. The molecule has 17 heavy (non-hydrogen) atoms. The number of halogens is 1.